The Bertz CT molecular complexity index is 1720. The van der Waals surface area contributed by atoms with Gasteiger partial charge in [-0.15, -0.1) is 11.3 Å². The normalized spacial score (nSPS) is 15.6. The molecular formula is C36H40F3N3O2S. The lowest BCUT2D eigenvalue weighted by Crippen LogP contribution is -2.40. The van der Waals surface area contributed by atoms with Gasteiger partial charge in [-0.25, -0.2) is 4.98 Å². The molecule has 0 aliphatic carbocycles. The topological polar surface area (TPSA) is 55.2 Å². The number of amides is 1. The Morgan fingerprint density at radius 3 is 2.31 bits per heavy atom. The molecule has 0 bridgehead atoms. The van der Waals surface area contributed by atoms with Crippen molar-refractivity contribution in [3.63, 3.8) is 0 Å². The zero-order valence-electron chi connectivity index (χ0n) is 26.5. The van der Waals surface area contributed by atoms with Crippen molar-refractivity contribution in [2.24, 2.45) is 11.8 Å². The average Bonchev–Trinajstić information content (AvgIpc) is 3.50. The third kappa shape index (κ3) is 6.78. The first-order chi connectivity index (χ1) is 21.4. The van der Waals surface area contributed by atoms with Gasteiger partial charge in [-0.1, -0.05) is 65.0 Å². The van der Waals surface area contributed by atoms with Crippen molar-refractivity contribution in [1.29, 1.82) is 0 Å². The lowest BCUT2D eigenvalue weighted by atomic mass is 9.95. The average molecular weight is 636 g/mol. The Morgan fingerprint density at radius 2 is 1.73 bits per heavy atom. The Balaban J connectivity index is 1.75. The highest BCUT2D eigenvalue weighted by Gasteiger charge is 2.31. The number of aryl methyl sites for hydroxylation is 2. The van der Waals surface area contributed by atoms with Crippen LogP contribution in [0.1, 0.15) is 80.2 Å². The summed E-state index contributed by atoms with van der Waals surface area (Å²) in [4.78, 5) is 35.7. The van der Waals surface area contributed by atoms with Gasteiger partial charge in [0.1, 0.15) is 5.01 Å². The fourth-order valence-corrected chi connectivity index (χ4v) is 7.06. The summed E-state index contributed by atoms with van der Waals surface area (Å²) in [7, 11) is 0. The lowest BCUT2D eigenvalue weighted by Gasteiger charge is -2.32. The molecule has 1 saturated heterocycles. The Labute approximate surface area is 266 Å². The third-order valence-corrected chi connectivity index (χ3v) is 9.39. The van der Waals surface area contributed by atoms with Crippen LogP contribution in [0.25, 0.3) is 27.5 Å². The predicted molar refractivity (Wildman–Crippen MR) is 175 cm³/mol. The van der Waals surface area contributed by atoms with Crippen molar-refractivity contribution in [3.8, 4) is 27.5 Å². The van der Waals surface area contributed by atoms with Crippen LogP contribution in [-0.4, -0.2) is 33.4 Å². The van der Waals surface area contributed by atoms with E-state index in [1.165, 1.54) is 23.5 Å². The minimum Gasteiger partial charge on any atom is -0.338 e. The molecule has 45 heavy (non-hydrogen) atoms. The number of hydrogen-bond acceptors (Lipinski definition) is 4. The molecule has 1 aliphatic rings. The van der Waals surface area contributed by atoms with Gasteiger partial charge in [0.25, 0.3) is 11.5 Å². The molecule has 4 aromatic rings. The molecule has 1 atom stereocenters. The number of piperidine rings is 1. The fraction of sp³-hybridized carbons (Fsp3) is 0.417. The van der Waals surface area contributed by atoms with Crippen LogP contribution in [0.5, 0.6) is 0 Å². The molecule has 3 heterocycles. The maximum atomic E-state index is 14.7. The molecule has 2 aromatic carbocycles. The third-order valence-electron chi connectivity index (χ3n) is 8.51. The molecule has 238 valence electrons. The summed E-state index contributed by atoms with van der Waals surface area (Å²) in [5, 5.41) is 2.17. The molecule has 0 spiro atoms. The molecule has 9 heteroatoms. The Morgan fingerprint density at radius 1 is 1.07 bits per heavy atom. The number of aromatic nitrogens is 2. The largest absolute Gasteiger partial charge is 0.416 e. The molecule has 1 amide bonds. The van der Waals surface area contributed by atoms with E-state index in [-0.39, 0.29) is 17.4 Å². The first-order valence-corrected chi connectivity index (χ1v) is 16.6. The SMILES string of the molecule is CCc1cccc(CC)c1-n1c(CC(C)C)c(C(=O)N2CCC[C@@H](C)C2)cc(-c2nc(-c3ccc(C(F)(F)F)cc3)cs2)c1=O. The Hall–Kier alpha value is -3.72. The van der Waals surface area contributed by atoms with Crippen LogP contribution in [0.2, 0.25) is 0 Å². The summed E-state index contributed by atoms with van der Waals surface area (Å²) in [6, 6.07) is 12.6. The van der Waals surface area contributed by atoms with Crippen molar-refractivity contribution in [2.75, 3.05) is 13.1 Å². The molecule has 0 unspecified atom stereocenters. The van der Waals surface area contributed by atoms with Crippen LogP contribution in [-0.2, 0) is 25.4 Å². The number of alkyl halides is 3. The van der Waals surface area contributed by atoms with E-state index < -0.39 is 11.7 Å². The van der Waals surface area contributed by atoms with E-state index in [9.17, 15) is 22.8 Å². The summed E-state index contributed by atoms with van der Waals surface area (Å²) in [5.74, 6) is 0.483. The molecule has 0 radical (unpaired) electrons. The number of benzene rings is 2. The summed E-state index contributed by atoms with van der Waals surface area (Å²) in [6.45, 7) is 11.8. The van der Waals surface area contributed by atoms with Crippen LogP contribution in [0.3, 0.4) is 0 Å². The van der Waals surface area contributed by atoms with Gasteiger partial charge in [-0.05, 0) is 73.3 Å². The van der Waals surface area contributed by atoms with Crippen LogP contribution in [0.15, 0.2) is 58.7 Å². The fourth-order valence-electron chi connectivity index (χ4n) is 6.22. The highest BCUT2D eigenvalue weighted by Crippen LogP contribution is 2.34. The maximum absolute atomic E-state index is 14.7. The molecule has 5 rings (SSSR count). The summed E-state index contributed by atoms with van der Waals surface area (Å²) in [6.07, 6.45) is -0.471. The lowest BCUT2D eigenvalue weighted by molar-refractivity contribution is -0.137. The number of pyridine rings is 1. The van der Waals surface area contributed by atoms with Crippen molar-refractivity contribution >= 4 is 17.2 Å². The Kier molecular flexibility index (Phi) is 9.68. The maximum Gasteiger partial charge on any atom is 0.416 e. The van der Waals surface area contributed by atoms with E-state index in [1.54, 1.807) is 16.0 Å². The van der Waals surface area contributed by atoms with E-state index in [4.69, 9.17) is 4.98 Å². The van der Waals surface area contributed by atoms with Gasteiger partial charge >= 0.3 is 6.18 Å². The number of para-hydroxylation sites is 1. The zero-order chi connectivity index (χ0) is 32.5. The van der Waals surface area contributed by atoms with Crippen LogP contribution in [0.4, 0.5) is 13.2 Å². The smallest absolute Gasteiger partial charge is 0.338 e. The second-order valence-corrected chi connectivity index (χ2v) is 13.3. The number of carbonyl (C=O) groups excluding carboxylic acids is 1. The van der Waals surface area contributed by atoms with Crippen molar-refractivity contribution in [2.45, 2.75) is 72.9 Å². The molecule has 5 nitrogen and oxygen atoms in total. The zero-order valence-corrected chi connectivity index (χ0v) is 27.3. The number of hydrogen-bond donors (Lipinski definition) is 0. The predicted octanol–water partition coefficient (Wildman–Crippen LogP) is 8.84. The minimum atomic E-state index is -4.43. The monoisotopic (exact) mass is 635 g/mol. The van der Waals surface area contributed by atoms with Gasteiger partial charge < -0.3 is 4.90 Å². The van der Waals surface area contributed by atoms with Crippen LogP contribution >= 0.6 is 11.3 Å². The van der Waals surface area contributed by atoms with E-state index in [0.29, 0.717) is 71.4 Å². The van der Waals surface area contributed by atoms with Gasteiger partial charge in [0, 0.05) is 29.7 Å². The molecule has 1 aliphatic heterocycles. The minimum absolute atomic E-state index is 0.0845. The number of nitrogens with zero attached hydrogens (tertiary/aromatic N) is 3. The second kappa shape index (κ2) is 13.3. The van der Waals surface area contributed by atoms with Crippen LogP contribution in [0, 0.1) is 11.8 Å². The highest BCUT2D eigenvalue weighted by molar-refractivity contribution is 7.13. The summed E-state index contributed by atoms with van der Waals surface area (Å²) in [5.41, 5.74) is 4.40. The van der Waals surface area contributed by atoms with Gasteiger partial charge in [0.15, 0.2) is 0 Å². The molecular weight excluding hydrogens is 595 g/mol. The second-order valence-electron chi connectivity index (χ2n) is 12.4. The van der Waals surface area contributed by atoms with E-state index >= 15 is 0 Å². The number of halogens is 3. The number of carbonyl (C=O) groups is 1. The van der Waals surface area contributed by atoms with Crippen molar-refractivity contribution in [1.82, 2.24) is 14.5 Å². The standard InChI is InChI=1S/C36H40F3N3O2S/c1-6-24-11-8-12-25(7-2)32(24)42-31(18-22(3)4)28(34(43)41-17-9-10-23(5)20-41)19-29(35(42)44)33-40-30(21-45-33)26-13-15-27(16-14-26)36(37,38)39/h8,11-16,19,21-23H,6-7,9-10,17-18,20H2,1-5H3/t23-/m1/s1. The number of thiazole rings is 1. The van der Waals surface area contributed by atoms with Crippen LogP contribution < -0.4 is 5.56 Å². The quantitative estimate of drug-likeness (QED) is 0.194. The molecule has 1 fully saturated rings. The highest BCUT2D eigenvalue weighted by atomic mass is 32.1. The molecule has 2 aromatic heterocycles. The molecule has 0 saturated carbocycles. The summed E-state index contributed by atoms with van der Waals surface area (Å²) < 4.78 is 41.3. The van der Waals surface area contributed by atoms with E-state index in [1.807, 2.05) is 23.1 Å². The van der Waals surface area contributed by atoms with Gasteiger partial charge in [0.05, 0.1) is 28.1 Å². The van der Waals surface area contributed by atoms with E-state index in [2.05, 4.69) is 34.6 Å². The number of likely N-dealkylation sites (tertiary alicyclic amines) is 1. The summed E-state index contributed by atoms with van der Waals surface area (Å²) >= 11 is 1.25. The molecule has 0 N–H and O–H groups in total. The number of rotatable bonds is 8. The van der Waals surface area contributed by atoms with Crippen molar-refractivity contribution in [3.05, 3.63) is 92.2 Å². The van der Waals surface area contributed by atoms with Crippen molar-refractivity contribution < 1.29 is 18.0 Å². The first-order valence-electron chi connectivity index (χ1n) is 15.8. The first kappa shape index (κ1) is 32.7. The van der Waals surface area contributed by atoms with Gasteiger partial charge in [-0.2, -0.15) is 13.2 Å². The van der Waals surface area contributed by atoms with Gasteiger partial charge in [-0.3, -0.25) is 14.2 Å². The van der Waals surface area contributed by atoms with E-state index in [0.717, 1.165) is 41.8 Å². The van der Waals surface area contributed by atoms with Gasteiger partial charge in [0.2, 0.25) is 0 Å².